The summed E-state index contributed by atoms with van der Waals surface area (Å²) in [7, 11) is 0. The van der Waals surface area contributed by atoms with Crippen molar-refractivity contribution >= 4 is 16.6 Å². The zero-order valence-corrected chi connectivity index (χ0v) is 12.1. The number of nitrogens with zero attached hydrogens (tertiary/aromatic N) is 1. The largest absolute Gasteiger partial charge is 0.378 e. The quantitative estimate of drug-likeness (QED) is 0.739. The molecule has 0 aliphatic heterocycles. The Hall–Kier alpha value is -2.29. The zero-order valence-electron chi connectivity index (χ0n) is 12.1. The van der Waals surface area contributed by atoms with Crippen LogP contribution in [0.4, 0.5) is 5.69 Å². The lowest BCUT2D eigenvalue weighted by atomic mass is 10.0. The molecule has 0 amide bonds. The summed E-state index contributed by atoms with van der Waals surface area (Å²) in [4.78, 5) is 0. The second-order valence-corrected chi connectivity index (χ2v) is 5.42. The molecular formula is C17H19N3. The van der Waals surface area contributed by atoms with Crippen molar-refractivity contribution in [3.05, 3.63) is 59.3 Å². The Labute approximate surface area is 119 Å². The Morgan fingerprint density at radius 3 is 2.60 bits per heavy atom. The summed E-state index contributed by atoms with van der Waals surface area (Å²) in [5.41, 5.74) is 6.08. The molecule has 1 heterocycles. The third-order valence-corrected chi connectivity index (χ3v) is 3.60. The molecule has 1 unspecified atom stereocenters. The molecule has 2 aromatic carbocycles. The molecule has 0 saturated heterocycles. The summed E-state index contributed by atoms with van der Waals surface area (Å²) in [6.45, 7) is 6.47. The Morgan fingerprint density at radius 2 is 1.85 bits per heavy atom. The molecule has 1 aromatic heterocycles. The summed E-state index contributed by atoms with van der Waals surface area (Å²) in [6, 6.07) is 13.1. The van der Waals surface area contributed by atoms with Gasteiger partial charge in [-0.1, -0.05) is 35.4 Å². The van der Waals surface area contributed by atoms with Crippen LogP contribution in [0, 0.1) is 13.8 Å². The van der Waals surface area contributed by atoms with E-state index in [-0.39, 0.29) is 6.04 Å². The molecule has 3 heteroatoms. The van der Waals surface area contributed by atoms with Gasteiger partial charge in [0.05, 0.1) is 11.7 Å². The van der Waals surface area contributed by atoms with E-state index in [4.69, 9.17) is 0 Å². The highest BCUT2D eigenvalue weighted by atomic mass is 15.1. The Balaban J connectivity index is 1.92. The lowest BCUT2D eigenvalue weighted by Gasteiger charge is -2.17. The third-order valence-electron chi connectivity index (χ3n) is 3.60. The van der Waals surface area contributed by atoms with Crippen LogP contribution in [0.15, 0.2) is 42.6 Å². The van der Waals surface area contributed by atoms with Gasteiger partial charge in [0.15, 0.2) is 0 Å². The molecule has 3 aromatic rings. The zero-order chi connectivity index (χ0) is 14.1. The smallest absolute Gasteiger partial charge is 0.0671 e. The lowest BCUT2D eigenvalue weighted by Crippen LogP contribution is -2.07. The fourth-order valence-corrected chi connectivity index (χ4v) is 2.67. The molecular weight excluding hydrogens is 246 g/mol. The number of aryl methyl sites for hydroxylation is 2. The molecule has 0 spiro atoms. The van der Waals surface area contributed by atoms with Gasteiger partial charge in [0, 0.05) is 17.1 Å². The van der Waals surface area contributed by atoms with E-state index in [1.54, 1.807) is 0 Å². The number of hydrogen-bond acceptors (Lipinski definition) is 2. The molecule has 0 radical (unpaired) electrons. The summed E-state index contributed by atoms with van der Waals surface area (Å²) >= 11 is 0. The second kappa shape index (κ2) is 5.00. The highest BCUT2D eigenvalue weighted by molar-refractivity contribution is 5.90. The number of H-pyrrole nitrogens is 1. The normalized spacial score (nSPS) is 12.6. The van der Waals surface area contributed by atoms with Crippen molar-refractivity contribution in [1.82, 2.24) is 10.2 Å². The van der Waals surface area contributed by atoms with Gasteiger partial charge in [-0.2, -0.15) is 5.10 Å². The summed E-state index contributed by atoms with van der Waals surface area (Å²) < 4.78 is 0. The minimum atomic E-state index is 0.258. The first-order valence-corrected chi connectivity index (χ1v) is 6.90. The first-order valence-electron chi connectivity index (χ1n) is 6.90. The van der Waals surface area contributed by atoms with Crippen LogP contribution in [0.5, 0.6) is 0 Å². The van der Waals surface area contributed by atoms with Crippen molar-refractivity contribution in [2.45, 2.75) is 26.8 Å². The number of hydrogen-bond donors (Lipinski definition) is 2. The van der Waals surface area contributed by atoms with E-state index >= 15 is 0 Å². The topological polar surface area (TPSA) is 40.7 Å². The predicted molar refractivity (Wildman–Crippen MR) is 84.0 cm³/mol. The number of nitrogens with one attached hydrogen (secondary N) is 2. The van der Waals surface area contributed by atoms with Crippen LogP contribution in [0.3, 0.4) is 0 Å². The van der Waals surface area contributed by atoms with E-state index in [1.807, 2.05) is 18.3 Å². The molecule has 3 nitrogen and oxygen atoms in total. The van der Waals surface area contributed by atoms with Crippen LogP contribution >= 0.6 is 0 Å². The van der Waals surface area contributed by atoms with E-state index in [0.29, 0.717) is 0 Å². The Kier molecular flexibility index (Phi) is 3.18. The van der Waals surface area contributed by atoms with Gasteiger partial charge >= 0.3 is 0 Å². The Bertz CT molecular complexity index is 723. The standard InChI is InChI=1S/C17H19N3/c1-11-7-12(2)9-14(8-11)13(3)19-16-5-4-6-17-15(16)10-18-20-17/h4-10,13,19H,1-3H3,(H,18,20). The fraction of sp³-hybridized carbons (Fsp3) is 0.235. The van der Waals surface area contributed by atoms with Gasteiger partial charge in [0.2, 0.25) is 0 Å². The third kappa shape index (κ3) is 2.39. The number of benzene rings is 2. The van der Waals surface area contributed by atoms with E-state index in [9.17, 15) is 0 Å². The number of rotatable bonds is 3. The predicted octanol–water partition coefficient (Wildman–Crippen LogP) is 4.35. The van der Waals surface area contributed by atoms with Crippen LogP contribution in [0.25, 0.3) is 10.9 Å². The monoisotopic (exact) mass is 265 g/mol. The summed E-state index contributed by atoms with van der Waals surface area (Å²) in [6.07, 6.45) is 1.87. The van der Waals surface area contributed by atoms with Gasteiger partial charge < -0.3 is 5.32 Å². The van der Waals surface area contributed by atoms with Gasteiger partial charge in [0.25, 0.3) is 0 Å². The molecule has 2 N–H and O–H groups in total. The van der Waals surface area contributed by atoms with Crippen LogP contribution in [0.2, 0.25) is 0 Å². The lowest BCUT2D eigenvalue weighted by molar-refractivity contribution is 0.883. The first kappa shape index (κ1) is 12.7. The highest BCUT2D eigenvalue weighted by Crippen LogP contribution is 2.26. The second-order valence-electron chi connectivity index (χ2n) is 5.42. The maximum atomic E-state index is 4.11. The van der Waals surface area contributed by atoms with Gasteiger partial charge in [-0.3, -0.25) is 5.10 Å². The average molecular weight is 265 g/mol. The van der Waals surface area contributed by atoms with Crippen LogP contribution in [-0.2, 0) is 0 Å². The first-order chi connectivity index (χ1) is 9.63. The maximum Gasteiger partial charge on any atom is 0.0671 e. The fourth-order valence-electron chi connectivity index (χ4n) is 2.67. The van der Waals surface area contributed by atoms with Crippen molar-refractivity contribution in [3.8, 4) is 0 Å². The summed E-state index contributed by atoms with van der Waals surface area (Å²) in [5, 5.41) is 11.8. The van der Waals surface area contributed by atoms with Gasteiger partial charge in [-0.25, -0.2) is 0 Å². The molecule has 3 rings (SSSR count). The minimum absolute atomic E-state index is 0.258. The highest BCUT2D eigenvalue weighted by Gasteiger charge is 2.09. The van der Waals surface area contributed by atoms with E-state index < -0.39 is 0 Å². The molecule has 0 saturated carbocycles. The van der Waals surface area contributed by atoms with E-state index in [2.05, 4.69) is 60.6 Å². The van der Waals surface area contributed by atoms with Crippen molar-refractivity contribution in [2.75, 3.05) is 5.32 Å². The molecule has 0 aliphatic rings. The van der Waals surface area contributed by atoms with E-state index in [0.717, 1.165) is 16.6 Å². The van der Waals surface area contributed by atoms with Crippen molar-refractivity contribution in [3.63, 3.8) is 0 Å². The van der Waals surface area contributed by atoms with Crippen LogP contribution in [-0.4, -0.2) is 10.2 Å². The SMILES string of the molecule is Cc1cc(C)cc(C(C)Nc2cccc3[nH]ncc23)c1. The van der Waals surface area contributed by atoms with Crippen LogP contribution in [0.1, 0.15) is 29.7 Å². The molecule has 20 heavy (non-hydrogen) atoms. The maximum absolute atomic E-state index is 4.11. The van der Waals surface area contributed by atoms with Crippen LogP contribution < -0.4 is 5.32 Å². The van der Waals surface area contributed by atoms with Crippen molar-refractivity contribution in [1.29, 1.82) is 0 Å². The van der Waals surface area contributed by atoms with Crippen molar-refractivity contribution in [2.24, 2.45) is 0 Å². The van der Waals surface area contributed by atoms with Gasteiger partial charge in [-0.05, 0) is 38.5 Å². The molecule has 1 atom stereocenters. The molecule has 0 bridgehead atoms. The minimum Gasteiger partial charge on any atom is -0.378 e. The number of anilines is 1. The number of fused-ring (bicyclic) bond motifs is 1. The number of aromatic nitrogens is 2. The number of aromatic amines is 1. The Morgan fingerprint density at radius 1 is 1.10 bits per heavy atom. The van der Waals surface area contributed by atoms with Crippen molar-refractivity contribution < 1.29 is 0 Å². The average Bonchev–Trinajstić information content (AvgIpc) is 2.87. The molecule has 0 fully saturated rings. The molecule has 0 aliphatic carbocycles. The summed E-state index contributed by atoms with van der Waals surface area (Å²) in [5.74, 6) is 0. The van der Waals surface area contributed by atoms with Gasteiger partial charge in [0.1, 0.15) is 0 Å². The van der Waals surface area contributed by atoms with E-state index in [1.165, 1.54) is 16.7 Å². The molecule has 102 valence electrons. The van der Waals surface area contributed by atoms with Gasteiger partial charge in [-0.15, -0.1) is 0 Å².